The van der Waals surface area contributed by atoms with Crippen LogP contribution in [0.25, 0.3) is 89.2 Å². The molecule has 5 nitrogen and oxygen atoms in total. The quantitative estimate of drug-likeness (QED) is 0.187. The van der Waals surface area contributed by atoms with Crippen LogP contribution in [0.2, 0.25) is 0 Å². The number of rotatable bonds is 5. The highest BCUT2D eigenvalue weighted by molar-refractivity contribution is 6.19. The summed E-state index contributed by atoms with van der Waals surface area (Å²) in [5.41, 5.74) is 7.48. The number of para-hydroxylation sites is 3. The van der Waals surface area contributed by atoms with Gasteiger partial charge in [-0.1, -0.05) is 139 Å². The maximum atomic E-state index is 8.84. The molecule has 0 saturated heterocycles. The Hall–Kier alpha value is -6.85. The van der Waals surface area contributed by atoms with Gasteiger partial charge < -0.3 is 4.57 Å². The fourth-order valence-corrected chi connectivity index (χ4v) is 7.01. The minimum atomic E-state index is -0.482. The molecule has 0 N–H and O–H groups in total. The van der Waals surface area contributed by atoms with E-state index in [9.17, 15) is 0 Å². The van der Waals surface area contributed by atoms with Crippen LogP contribution in [0.15, 0.2) is 176 Å². The molecule has 10 aromatic rings. The van der Waals surface area contributed by atoms with Crippen LogP contribution in [0.4, 0.5) is 0 Å². The Bertz CT molecular complexity index is 3110. The van der Waals surface area contributed by atoms with E-state index in [0.29, 0.717) is 11.4 Å². The monoisotopic (exact) mass is 644 g/mol. The van der Waals surface area contributed by atoms with Gasteiger partial charge >= 0.3 is 0 Å². The predicted octanol–water partition coefficient (Wildman–Crippen LogP) is 11.1. The third-order valence-corrected chi connectivity index (χ3v) is 9.28. The Balaban J connectivity index is 1.29. The fourth-order valence-electron chi connectivity index (χ4n) is 7.01. The van der Waals surface area contributed by atoms with Crippen LogP contribution in [0, 0.1) is 0 Å². The van der Waals surface area contributed by atoms with Gasteiger partial charge in [-0.3, -0.25) is 4.57 Å². The van der Waals surface area contributed by atoms with Crippen molar-refractivity contribution in [3.8, 4) is 45.5 Å². The maximum Gasteiger partial charge on any atom is 0.238 e. The van der Waals surface area contributed by atoms with Crippen LogP contribution in [0.1, 0.15) is 6.85 Å². The first-order chi connectivity index (χ1) is 26.9. The number of hydrogen-bond acceptors (Lipinski definition) is 3. The first-order valence-corrected chi connectivity index (χ1v) is 16.4. The number of fused-ring (bicyclic) bond motifs is 6. The molecule has 5 heteroatoms. The van der Waals surface area contributed by atoms with Crippen LogP contribution in [0.3, 0.4) is 0 Å². The number of benzene rings is 7. The highest BCUT2D eigenvalue weighted by Crippen LogP contribution is 2.39. The Morgan fingerprint density at radius 2 is 0.900 bits per heavy atom. The van der Waals surface area contributed by atoms with Gasteiger partial charge in [-0.2, -0.15) is 9.97 Å². The molecule has 0 amide bonds. The Kier molecular flexibility index (Phi) is 5.35. The molecule has 0 atom stereocenters. The molecule has 0 bridgehead atoms. The predicted molar refractivity (Wildman–Crippen MR) is 205 cm³/mol. The lowest BCUT2D eigenvalue weighted by molar-refractivity contribution is 0.953. The molecule has 0 aliphatic heterocycles. The van der Waals surface area contributed by atoms with E-state index in [-0.39, 0.29) is 29.4 Å². The van der Waals surface area contributed by atoms with E-state index in [0.717, 1.165) is 60.4 Å². The second kappa shape index (κ2) is 11.4. The Morgan fingerprint density at radius 1 is 0.380 bits per heavy atom. The van der Waals surface area contributed by atoms with Gasteiger partial charge in [-0.05, 0) is 47.5 Å². The molecule has 0 saturated carbocycles. The summed E-state index contributed by atoms with van der Waals surface area (Å²) < 4.78 is 47.1. The van der Waals surface area contributed by atoms with Crippen molar-refractivity contribution < 1.29 is 6.85 Å². The molecule has 7 aromatic carbocycles. The first kappa shape index (κ1) is 23.5. The summed E-state index contributed by atoms with van der Waals surface area (Å²) in [5.74, 6) is 0.540. The van der Waals surface area contributed by atoms with Crippen molar-refractivity contribution in [3.63, 3.8) is 0 Å². The number of aromatic nitrogens is 5. The van der Waals surface area contributed by atoms with Crippen molar-refractivity contribution >= 4 is 43.6 Å². The normalized spacial score (nSPS) is 13.0. The van der Waals surface area contributed by atoms with E-state index < -0.39 is 18.1 Å². The van der Waals surface area contributed by atoms with Gasteiger partial charge in [-0.15, -0.1) is 0 Å². The molecular formula is C45H29N5. The molecule has 3 heterocycles. The average Bonchev–Trinajstić information content (AvgIpc) is 3.74. The minimum absolute atomic E-state index is 0.0189. The topological polar surface area (TPSA) is 48.5 Å². The summed E-state index contributed by atoms with van der Waals surface area (Å²) in [5, 5.41) is 4.22. The van der Waals surface area contributed by atoms with Crippen molar-refractivity contribution in [2.75, 3.05) is 0 Å². The van der Waals surface area contributed by atoms with Crippen molar-refractivity contribution in [3.05, 3.63) is 176 Å². The summed E-state index contributed by atoms with van der Waals surface area (Å²) in [6.45, 7) is 0. The minimum Gasteiger partial charge on any atom is -0.309 e. The summed E-state index contributed by atoms with van der Waals surface area (Å²) >= 11 is 0. The van der Waals surface area contributed by atoms with Crippen LogP contribution < -0.4 is 0 Å². The molecule has 0 unspecified atom stereocenters. The largest absolute Gasteiger partial charge is 0.309 e. The van der Waals surface area contributed by atoms with Gasteiger partial charge in [0, 0.05) is 38.4 Å². The summed E-state index contributed by atoms with van der Waals surface area (Å²) in [6, 6.07) is 46.9. The zero-order chi connectivity index (χ0) is 37.4. The van der Waals surface area contributed by atoms with Crippen molar-refractivity contribution in [1.29, 1.82) is 0 Å². The second-order valence-electron chi connectivity index (χ2n) is 12.2. The number of nitrogens with zero attached hydrogens (tertiary/aromatic N) is 5. The molecule has 0 aliphatic carbocycles. The summed E-state index contributed by atoms with van der Waals surface area (Å²) in [4.78, 5) is 14.8. The lowest BCUT2D eigenvalue weighted by Crippen LogP contribution is -2.06. The molecule has 0 spiro atoms. The second-order valence-corrected chi connectivity index (χ2v) is 12.2. The lowest BCUT2D eigenvalue weighted by atomic mass is 10.0. The molecular weight excluding hydrogens is 611 g/mol. The Morgan fingerprint density at radius 3 is 1.58 bits per heavy atom. The van der Waals surface area contributed by atoms with Crippen LogP contribution in [-0.2, 0) is 0 Å². The molecule has 0 aliphatic rings. The molecule has 0 fully saturated rings. The van der Waals surface area contributed by atoms with Crippen LogP contribution in [-0.4, -0.2) is 24.1 Å². The highest BCUT2D eigenvalue weighted by Gasteiger charge is 2.21. The molecule has 10 rings (SSSR count). The summed E-state index contributed by atoms with van der Waals surface area (Å²) in [6.07, 6.45) is 0. The van der Waals surface area contributed by atoms with E-state index in [1.807, 2.05) is 95.6 Å². The van der Waals surface area contributed by atoms with Crippen molar-refractivity contribution in [2.45, 2.75) is 0 Å². The maximum absolute atomic E-state index is 8.84. The van der Waals surface area contributed by atoms with Gasteiger partial charge in [0.25, 0.3) is 0 Å². The van der Waals surface area contributed by atoms with E-state index in [1.54, 1.807) is 0 Å². The van der Waals surface area contributed by atoms with E-state index in [1.165, 1.54) is 0 Å². The SMILES string of the molecule is [2H]c1c([2H])c([2H])c(-c2nc(-c3ccc(-c4ccccc4)cc3)nc(-n3c4ccccc4c4cc5c6ccccc6n(-c6ccccc6)c5cc43)n2)c([2H])c1[2H]. The molecule has 3 aromatic heterocycles. The smallest absolute Gasteiger partial charge is 0.238 e. The van der Waals surface area contributed by atoms with E-state index in [4.69, 9.17) is 21.8 Å². The molecule has 50 heavy (non-hydrogen) atoms. The zero-order valence-electron chi connectivity index (χ0n) is 31.6. The van der Waals surface area contributed by atoms with Gasteiger partial charge in [-0.25, -0.2) is 4.98 Å². The summed E-state index contributed by atoms with van der Waals surface area (Å²) in [7, 11) is 0. The van der Waals surface area contributed by atoms with E-state index >= 15 is 0 Å². The third kappa shape index (κ3) is 4.52. The Labute approximate surface area is 295 Å². The van der Waals surface area contributed by atoms with Gasteiger partial charge in [0.1, 0.15) is 0 Å². The van der Waals surface area contributed by atoms with Gasteiger partial charge in [0.05, 0.1) is 28.9 Å². The highest BCUT2D eigenvalue weighted by atomic mass is 15.2. The first-order valence-electron chi connectivity index (χ1n) is 18.9. The van der Waals surface area contributed by atoms with Gasteiger partial charge in [0.2, 0.25) is 5.95 Å². The standard InChI is InChI=1S/C45H29N5/c1-4-14-30(15-5-1)31-24-26-33(27-25-31)44-46-43(32-16-6-2-7-17-32)47-45(48-44)50-40-23-13-11-21-36(40)38-28-37-35-20-10-12-22-39(35)49(41(37)29-42(38)50)34-18-8-3-9-19-34/h1-29H/i2D,6D,7D,16D,17D. The molecule has 0 radical (unpaired) electrons. The van der Waals surface area contributed by atoms with Crippen molar-refractivity contribution in [1.82, 2.24) is 24.1 Å². The van der Waals surface area contributed by atoms with Crippen LogP contribution in [0.5, 0.6) is 0 Å². The average molecular weight is 645 g/mol. The van der Waals surface area contributed by atoms with Crippen molar-refractivity contribution in [2.24, 2.45) is 0 Å². The molecule has 234 valence electrons. The fraction of sp³-hybridized carbons (Fsp3) is 0. The van der Waals surface area contributed by atoms with E-state index in [2.05, 4.69) is 59.2 Å². The van der Waals surface area contributed by atoms with Crippen LogP contribution >= 0.6 is 0 Å². The van der Waals surface area contributed by atoms with Gasteiger partial charge in [0.15, 0.2) is 11.6 Å². The zero-order valence-corrected chi connectivity index (χ0v) is 26.6. The number of hydrogen-bond donors (Lipinski definition) is 0. The lowest BCUT2D eigenvalue weighted by Gasteiger charge is -2.12. The third-order valence-electron chi connectivity index (χ3n) is 9.28.